The summed E-state index contributed by atoms with van der Waals surface area (Å²) in [7, 11) is 1.68. The van der Waals surface area contributed by atoms with Crippen LogP contribution in [0, 0.1) is 0 Å². The summed E-state index contributed by atoms with van der Waals surface area (Å²) in [6.07, 6.45) is 5.60. The van der Waals surface area contributed by atoms with Gasteiger partial charge in [-0.15, -0.1) is 0 Å². The number of anilines is 1. The predicted octanol–water partition coefficient (Wildman–Crippen LogP) is 5.69. The molecular weight excluding hydrogens is 705 g/mol. The Balaban J connectivity index is 0.941. The molecule has 0 spiro atoms. The van der Waals surface area contributed by atoms with Gasteiger partial charge in [0, 0.05) is 98.6 Å². The van der Waals surface area contributed by atoms with Gasteiger partial charge >= 0.3 is 0 Å². The number of likely N-dealkylation sites (tertiary alicyclic amines) is 1. The maximum Gasteiger partial charge on any atom is 0.251 e. The number of nitrogens with zero attached hydrogens (tertiary/aromatic N) is 4. The van der Waals surface area contributed by atoms with Crippen LogP contribution >= 0.6 is 0 Å². The van der Waals surface area contributed by atoms with Gasteiger partial charge in [0.15, 0.2) is 5.65 Å². The Kier molecular flexibility index (Phi) is 11.3. The van der Waals surface area contributed by atoms with E-state index in [4.69, 9.17) is 14.5 Å². The Hall–Kier alpha value is -5.30. The average Bonchev–Trinajstić information content (AvgIpc) is 3.99. The van der Waals surface area contributed by atoms with Gasteiger partial charge in [-0.05, 0) is 85.7 Å². The average molecular weight is 757 g/mol. The van der Waals surface area contributed by atoms with Crippen molar-refractivity contribution >= 4 is 28.5 Å². The first-order chi connectivity index (χ1) is 27.4. The molecular formula is C44H52N8O4. The highest BCUT2D eigenvalue weighted by atomic mass is 16.5. The number of nitrogens with one attached hydrogen (secondary N) is 4. The number of carbonyl (C=O) groups excluding carboxylic acids is 2. The van der Waals surface area contributed by atoms with E-state index in [0.29, 0.717) is 55.9 Å². The van der Waals surface area contributed by atoms with Gasteiger partial charge in [-0.25, -0.2) is 9.67 Å². The van der Waals surface area contributed by atoms with Crippen molar-refractivity contribution in [2.24, 2.45) is 0 Å². The van der Waals surface area contributed by atoms with Gasteiger partial charge in [-0.3, -0.25) is 14.5 Å². The Labute approximate surface area is 328 Å². The van der Waals surface area contributed by atoms with E-state index in [0.717, 1.165) is 82.9 Å². The van der Waals surface area contributed by atoms with E-state index in [-0.39, 0.29) is 24.4 Å². The molecule has 56 heavy (non-hydrogen) atoms. The quantitative estimate of drug-likeness (QED) is 0.113. The van der Waals surface area contributed by atoms with Crippen LogP contribution in [-0.2, 0) is 37.3 Å². The highest BCUT2D eigenvalue weighted by Crippen LogP contribution is 2.34. The molecule has 5 heterocycles. The Bertz CT molecular complexity index is 2210. The van der Waals surface area contributed by atoms with Gasteiger partial charge in [0.25, 0.3) is 11.8 Å². The van der Waals surface area contributed by atoms with Crippen molar-refractivity contribution in [3.05, 3.63) is 106 Å². The molecule has 12 heteroatoms. The lowest BCUT2D eigenvalue weighted by Crippen LogP contribution is -2.42. The normalized spacial score (nSPS) is 18.3. The van der Waals surface area contributed by atoms with E-state index >= 15 is 0 Å². The first-order valence-corrected chi connectivity index (χ1v) is 20.0. The van der Waals surface area contributed by atoms with E-state index in [1.54, 1.807) is 31.4 Å². The minimum atomic E-state index is -0.265. The molecule has 292 valence electrons. The molecule has 1 unspecified atom stereocenters. The van der Waals surface area contributed by atoms with Crippen LogP contribution in [-0.4, -0.2) is 83.0 Å². The van der Waals surface area contributed by atoms with Gasteiger partial charge < -0.3 is 30.7 Å². The minimum Gasteiger partial charge on any atom is -0.496 e. The molecule has 0 saturated carbocycles. The number of carbonyl (C=O) groups is 2. The molecule has 8 rings (SSSR count). The number of aryl methyl sites for hydroxylation is 2. The molecule has 3 aliphatic heterocycles. The second-order valence-electron chi connectivity index (χ2n) is 15.1. The monoisotopic (exact) mass is 756 g/mol. The van der Waals surface area contributed by atoms with Crippen molar-refractivity contribution < 1.29 is 19.1 Å². The third kappa shape index (κ3) is 8.00. The van der Waals surface area contributed by atoms with Crippen LogP contribution in [0.4, 0.5) is 5.69 Å². The second kappa shape index (κ2) is 16.8. The molecule has 12 nitrogen and oxygen atoms in total. The van der Waals surface area contributed by atoms with Crippen LogP contribution in [0.5, 0.6) is 5.75 Å². The molecule has 2 atom stereocenters. The van der Waals surface area contributed by atoms with Crippen LogP contribution < -0.4 is 26.0 Å². The number of aromatic nitrogens is 3. The van der Waals surface area contributed by atoms with Crippen molar-refractivity contribution in [1.29, 1.82) is 0 Å². The number of methoxy groups -OCH3 is 1. The number of pyridine rings is 1. The first kappa shape index (κ1) is 37.6. The smallest absolute Gasteiger partial charge is 0.251 e. The molecule has 3 aromatic carbocycles. The van der Waals surface area contributed by atoms with Gasteiger partial charge in [-0.1, -0.05) is 37.3 Å². The maximum absolute atomic E-state index is 13.6. The summed E-state index contributed by atoms with van der Waals surface area (Å²) >= 11 is 0. The van der Waals surface area contributed by atoms with Crippen molar-refractivity contribution in [1.82, 2.24) is 35.6 Å². The number of benzene rings is 3. The number of rotatable bonds is 14. The summed E-state index contributed by atoms with van der Waals surface area (Å²) < 4.78 is 13.3. The third-order valence-electron chi connectivity index (χ3n) is 11.5. The van der Waals surface area contributed by atoms with Gasteiger partial charge in [0.05, 0.1) is 24.4 Å². The lowest BCUT2D eigenvalue weighted by Gasteiger charge is -2.27. The third-order valence-corrected chi connectivity index (χ3v) is 11.5. The van der Waals surface area contributed by atoms with Crippen LogP contribution in [0.25, 0.3) is 22.2 Å². The predicted molar refractivity (Wildman–Crippen MR) is 218 cm³/mol. The standard InChI is InChI=1S/C44H52N8O4/c1-4-39-37(41(49-33-14-16-56-17-15-33)38-25-48-52(5-2)42(38)50-39)24-47-44(54)32-11-7-10-31(20-32)43(53)46-22-28-12-13-40(55-3)36(19-28)30-9-6-8-29(18-30)26-51-27-34-21-35(51)23-45-34/h6-13,18-20,25,33-35,45H,4-5,14-17,21-24,26-27H2,1-3H3,(H,46,53)(H,47,54)(H,49,50)/t34-,35?/m0/s1. The minimum absolute atomic E-state index is 0.252. The molecule has 0 radical (unpaired) electrons. The van der Waals surface area contributed by atoms with E-state index in [9.17, 15) is 9.59 Å². The molecule has 5 aromatic rings. The van der Waals surface area contributed by atoms with E-state index < -0.39 is 0 Å². The fourth-order valence-electron chi connectivity index (χ4n) is 8.46. The fourth-order valence-corrected chi connectivity index (χ4v) is 8.46. The zero-order valence-electron chi connectivity index (χ0n) is 32.6. The number of hydrogen-bond donors (Lipinski definition) is 4. The zero-order chi connectivity index (χ0) is 38.6. The fraction of sp³-hybridized carbons (Fsp3) is 0.409. The van der Waals surface area contributed by atoms with Crippen LogP contribution in [0.1, 0.15) is 76.2 Å². The Morgan fingerprint density at radius 2 is 1.73 bits per heavy atom. The summed E-state index contributed by atoms with van der Waals surface area (Å²) in [5.74, 6) is 0.260. The largest absolute Gasteiger partial charge is 0.496 e. The number of fused-ring (bicyclic) bond motifs is 3. The summed E-state index contributed by atoms with van der Waals surface area (Å²) in [6.45, 7) is 9.97. The lowest BCUT2D eigenvalue weighted by molar-refractivity contribution is 0.0904. The van der Waals surface area contributed by atoms with E-state index in [2.05, 4.69) is 75.4 Å². The molecule has 3 fully saturated rings. The summed E-state index contributed by atoms with van der Waals surface area (Å²) in [5, 5.41) is 19.1. The van der Waals surface area contributed by atoms with Crippen molar-refractivity contribution in [2.75, 3.05) is 38.7 Å². The van der Waals surface area contributed by atoms with Crippen molar-refractivity contribution in [3.8, 4) is 16.9 Å². The van der Waals surface area contributed by atoms with Crippen LogP contribution in [0.2, 0.25) is 0 Å². The maximum atomic E-state index is 13.6. The molecule has 3 saturated heterocycles. The SMILES string of the molecule is CCc1nc2c(cnn2CC)c(NC2CCOCC2)c1CNC(=O)c1cccc(C(=O)NCc2ccc(OC)c(-c3cccc(CN4C[C@@H]5CC4CN5)c3)c2)c1. The highest BCUT2D eigenvalue weighted by molar-refractivity contribution is 6.00. The van der Waals surface area contributed by atoms with Crippen LogP contribution in [0.15, 0.2) is 72.9 Å². The summed E-state index contributed by atoms with van der Waals surface area (Å²) in [5.41, 5.74) is 8.78. The molecule has 3 aliphatic rings. The Morgan fingerprint density at radius 3 is 2.45 bits per heavy atom. The Morgan fingerprint density at radius 1 is 0.946 bits per heavy atom. The second-order valence-corrected chi connectivity index (χ2v) is 15.1. The number of amides is 2. The lowest BCUT2D eigenvalue weighted by atomic mass is 9.99. The zero-order valence-corrected chi connectivity index (χ0v) is 32.6. The number of piperazine rings is 1. The summed E-state index contributed by atoms with van der Waals surface area (Å²) in [6, 6.07) is 23.0. The molecule has 4 N–H and O–H groups in total. The molecule has 2 amide bonds. The van der Waals surface area contributed by atoms with E-state index in [1.165, 1.54) is 12.0 Å². The summed E-state index contributed by atoms with van der Waals surface area (Å²) in [4.78, 5) is 34.7. The van der Waals surface area contributed by atoms with Crippen molar-refractivity contribution in [3.63, 3.8) is 0 Å². The molecule has 2 bridgehead atoms. The van der Waals surface area contributed by atoms with Crippen LogP contribution in [0.3, 0.4) is 0 Å². The topological polar surface area (TPSA) is 135 Å². The van der Waals surface area contributed by atoms with Gasteiger partial charge in [0.2, 0.25) is 0 Å². The number of ether oxygens (including phenoxy) is 2. The molecule has 2 aromatic heterocycles. The van der Waals surface area contributed by atoms with Gasteiger partial charge in [0.1, 0.15) is 5.75 Å². The van der Waals surface area contributed by atoms with Crippen molar-refractivity contribution in [2.45, 2.75) is 83.8 Å². The van der Waals surface area contributed by atoms with E-state index in [1.807, 2.05) is 23.0 Å². The molecule has 0 aliphatic carbocycles. The highest BCUT2D eigenvalue weighted by Gasteiger charge is 2.37. The number of hydrogen-bond acceptors (Lipinski definition) is 9. The first-order valence-electron chi connectivity index (χ1n) is 20.0. The van der Waals surface area contributed by atoms with Gasteiger partial charge in [-0.2, -0.15) is 5.10 Å².